The van der Waals surface area contributed by atoms with Crippen LogP contribution < -0.4 is 0 Å². The topological polar surface area (TPSA) is 176 Å². The number of aromatic amines is 4. The number of phenolic OH excluding ortho intramolecular Hbond substituents is 4. The molecule has 13 heteroatoms. The number of fused-ring (bicyclic) bond motifs is 8. The summed E-state index contributed by atoms with van der Waals surface area (Å²) in [6.07, 6.45) is 0. The quantitative estimate of drug-likeness (QED) is 0.0756. The molecule has 20 aromatic rings. The van der Waals surface area contributed by atoms with Crippen molar-refractivity contribution in [2.75, 3.05) is 0 Å². The molecule has 0 bridgehead atoms. The summed E-state index contributed by atoms with van der Waals surface area (Å²) < 4.78 is 4.11. The lowest BCUT2D eigenvalue weighted by Crippen LogP contribution is -1.84. The van der Waals surface area contributed by atoms with Gasteiger partial charge in [0, 0.05) is 107 Å². The summed E-state index contributed by atoms with van der Waals surface area (Å²) in [6.45, 7) is 0. The monoisotopic (exact) mass is 1670 g/mol. The van der Waals surface area contributed by atoms with Crippen molar-refractivity contribution in [1.29, 1.82) is 0 Å². The van der Waals surface area contributed by atoms with Crippen LogP contribution in [0, 0.1) is 0 Å². The number of aromatic nitrogens is 4. The van der Waals surface area contributed by atoms with Crippen molar-refractivity contribution < 1.29 is 25.9 Å². The Hall–Kier alpha value is -12.2. The molecule has 20 rings (SSSR count). The van der Waals surface area contributed by atoms with E-state index >= 15 is 0 Å². The van der Waals surface area contributed by atoms with E-state index in [0.717, 1.165) is 194 Å². The second-order valence-electron chi connectivity index (χ2n) is 26.7. The fourth-order valence-corrected chi connectivity index (χ4v) is 16.1. The summed E-state index contributed by atoms with van der Waals surface area (Å²) in [5.41, 5.74) is 20.6. The summed E-state index contributed by atoms with van der Waals surface area (Å²) in [7, 11) is 0. The van der Waals surface area contributed by atoms with Gasteiger partial charge >= 0.3 is 0 Å². The maximum Gasteiger partial charge on any atom is 0.124 e. The molecule has 16 aromatic carbocycles. The van der Waals surface area contributed by atoms with Crippen LogP contribution in [0.5, 0.6) is 23.0 Å². The van der Waals surface area contributed by atoms with Gasteiger partial charge in [-0.3, -0.25) is 0 Å². The number of H-pyrrole nitrogens is 4. The summed E-state index contributed by atoms with van der Waals surface area (Å²) in [6, 6.07) is 114. The molecule has 0 aliphatic rings. The third-order valence-corrected chi connectivity index (χ3v) is 21.8. The van der Waals surface area contributed by atoms with Gasteiger partial charge in [-0.05, 0) is 209 Å². The van der Waals surface area contributed by atoms with Crippen LogP contribution in [0.4, 0.5) is 0 Å². The van der Waals surface area contributed by atoms with Gasteiger partial charge in [-0.2, -0.15) is 0 Å². The average Bonchev–Trinajstić information content (AvgIpc) is 0.892. The first-order chi connectivity index (χ1) is 52.7. The molecule has 0 fully saturated rings. The number of nitrogens with one attached hydrogen (secondary N) is 4. The molecule has 0 amide bonds. The Morgan fingerprint density at radius 1 is 0.183 bits per heavy atom. The van der Waals surface area contributed by atoms with E-state index in [1.165, 1.54) is 0 Å². The highest BCUT2D eigenvalue weighted by molar-refractivity contribution is 9.11. The third kappa shape index (κ3) is 14.7. The predicted octanol–water partition coefficient (Wildman–Crippen LogP) is 27.7. The number of aromatic hydroxyl groups is 4. The molecule has 0 saturated carbocycles. The Morgan fingerprint density at radius 2 is 0.385 bits per heavy atom. The number of hydrogen-bond donors (Lipinski definition) is 8. The summed E-state index contributed by atoms with van der Waals surface area (Å²) in [5.74, 6) is 1.16. The van der Waals surface area contributed by atoms with E-state index in [2.05, 4.69) is 254 Å². The zero-order valence-corrected chi connectivity index (χ0v) is 64.5. The van der Waals surface area contributed by atoms with E-state index in [1.54, 1.807) is 24.3 Å². The van der Waals surface area contributed by atoms with Gasteiger partial charge in [-0.25, -0.2) is 0 Å². The maximum atomic E-state index is 10.6. The van der Waals surface area contributed by atoms with Crippen molar-refractivity contribution in [3.63, 3.8) is 0 Å². The highest BCUT2D eigenvalue weighted by atomic mass is 79.9. The lowest BCUT2D eigenvalue weighted by molar-refractivity contribution is 0.477. The first-order valence-electron chi connectivity index (χ1n) is 35.1. The van der Waals surface area contributed by atoms with E-state index in [1.807, 2.05) is 146 Å². The van der Waals surface area contributed by atoms with Crippen molar-refractivity contribution in [1.82, 2.24) is 19.9 Å². The van der Waals surface area contributed by atoms with Crippen LogP contribution >= 0.6 is 63.7 Å². The molecular weight excluding hydrogens is 1610 g/mol. The number of phenols is 4. The van der Waals surface area contributed by atoms with Crippen molar-refractivity contribution in [2.45, 2.75) is 0 Å². The van der Waals surface area contributed by atoms with E-state index in [4.69, 9.17) is 0 Å². The largest absolute Gasteiger partial charge is 0.507 e. The minimum Gasteiger partial charge on any atom is -0.507 e. The normalized spacial score (nSPS) is 11.2. The van der Waals surface area contributed by atoms with Crippen LogP contribution in [0.15, 0.2) is 358 Å². The summed E-state index contributed by atoms with van der Waals surface area (Å²) in [4.78, 5) is 14.0. The van der Waals surface area contributed by atoms with Gasteiger partial charge in [0.25, 0.3) is 0 Å². The van der Waals surface area contributed by atoms with Gasteiger partial charge in [0.1, 0.15) is 23.0 Å². The van der Waals surface area contributed by atoms with Crippen LogP contribution in [0.1, 0.15) is 0 Å². The van der Waals surface area contributed by atoms with Crippen molar-refractivity contribution >= 4 is 150 Å². The molecule has 0 atom stereocenters. The maximum absolute atomic E-state index is 10.6. The van der Waals surface area contributed by atoms with E-state index < -0.39 is 0 Å². The number of benzene rings is 16. The lowest BCUT2D eigenvalue weighted by Gasteiger charge is -2.10. The standard InChI is InChI=1S/4C24H16BrNO.H2O/c4*25-19-9-10-20-16(12-19)8-11-23(27)24(20)18-7-6-17-13-21(26-22(17)14-18)15-4-2-1-3-5-15;/h4*1-14,26-27H;1H2. The fourth-order valence-electron chi connectivity index (χ4n) is 14.6. The Morgan fingerprint density at radius 3 is 0.596 bits per heavy atom. The van der Waals surface area contributed by atoms with Crippen LogP contribution in [0.2, 0.25) is 0 Å². The van der Waals surface area contributed by atoms with E-state index in [0.29, 0.717) is 23.0 Å². The predicted molar refractivity (Wildman–Crippen MR) is 468 cm³/mol. The van der Waals surface area contributed by atoms with Crippen molar-refractivity contribution in [2.24, 2.45) is 0 Å². The SMILES string of the molecule is O.Oc1ccc2cc(Br)ccc2c1-c1ccc2cc(-c3ccccc3)[nH]c2c1.Oc1ccc2cc(Br)ccc2c1-c1ccc2cc(-c3ccccc3)[nH]c2c1.Oc1ccc2cc(Br)ccc2c1-c1ccc2cc(-c3ccccc3)[nH]c2c1.Oc1ccc2cc(Br)ccc2c1-c1ccc2cc(-c3ccccc3)[nH]c2c1. The number of hydrogen-bond acceptors (Lipinski definition) is 4. The molecular formula is C96H66Br4N4O5. The van der Waals surface area contributed by atoms with Crippen LogP contribution in [-0.4, -0.2) is 45.8 Å². The first-order valence-corrected chi connectivity index (χ1v) is 38.3. The minimum absolute atomic E-state index is 0. The molecule has 0 spiro atoms. The van der Waals surface area contributed by atoms with Crippen molar-refractivity contribution in [3.05, 3.63) is 358 Å². The van der Waals surface area contributed by atoms with Crippen LogP contribution in [0.25, 0.3) is 176 Å². The second kappa shape index (κ2) is 30.6. The lowest BCUT2D eigenvalue weighted by atomic mass is 9.96. The fraction of sp³-hybridized carbons (Fsp3) is 0. The van der Waals surface area contributed by atoms with Gasteiger partial charge < -0.3 is 45.8 Å². The van der Waals surface area contributed by atoms with Gasteiger partial charge in [-0.1, -0.05) is 282 Å². The van der Waals surface area contributed by atoms with E-state index in [-0.39, 0.29) is 5.48 Å². The number of rotatable bonds is 8. The zero-order chi connectivity index (χ0) is 73.5. The van der Waals surface area contributed by atoms with Crippen LogP contribution in [0.3, 0.4) is 0 Å². The number of halogens is 4. The summed E-state index contributed by atoms with van der Waals surface area (Å²) in [5, 5.41) is 55.4. The Bertz CT molecular complexity index is 5980. The molecule has 9 nitrogen and oxygen atoms in total. The molecule has 109 heavy (non-hydrogen) atoms. The van der Waals surface area contributed by atoms with Gasteiger partial charge in [0.05, 0.1) is 0 Å². The summed E-state index contributed by atoms with van der Waals surface area (Å²) >= 11 is 14.1. The van der Waals surface area contributed by atoms with Gasteiger partial charge in [-0.15, -0.1) is 0 Å². The smallest absolute Gasteiger partial charge is 0.124 e. The molecule has 0 aliphatic heterocycles. The highest BCUT2D eigenvalue weighted by Gasteiger charge is 2.18. The molecule has 0 radical (unpaired) electrons. The highest BCUT2D eigenvalue weighted by Crippen LogP contribution is 2.44. The zero-order valence-electron chi connectivity index (χ0n) is 58.1. The molecule has 0 saturated heterocycles. The Kier molecular flexibility index (Phi) is 19.9. The Labute approximate surface area is 660 Å². The Balaban J connectivity index is 0.000000110. The molecule has 4 aromatic heterocycles. The second-order valence-corrected chi connectivity index (χ2v) is 30.4. The molecule has 4 heterocycles. The van der Waals surface area contributed by atoms with Gasteiger partial charge in [0.15, 0.2) is 0 Å². The molecule has 10 N–H and O–H groups in total. The van der Waals surface area contributed by atoms with E-state index in [9.17, 15) is 20.4 Å². The van der Waals surface area contributed by atoms with Crippen molar-refractivity contribution in [3.8, 4) is 113 Å². The molecule has 0 aliphatic carbocycles. The first kappa shape index (κ1) is 71.1. The molecule has 0 unspecified atom stereocenters. The minimum atomic E-state index is 0. The van der Waals surface area contributed by atoms with Crippen LogP contribution in [-0.2, 0) is 0 Å². The third-order valence-electron chi connectivity index (χ3n) is 19.8. The van der Waals surface area contributed by atoms with Gasteiger partial charge in [0.2, 0.25) is 0 Å². The molecule has 528 valence electrons. The average molecular weight is 1680 g/mol.